The Bertz CT molecular complexity index is 843. The Labute approximate surface area is 164 Å². The highest BCUT2D eigenvalue weighted by Crippen LogP contribution is 2.20. The van der Waals surface area contributed by atoms with Crippen LogP contribution in [0.4, 0.5) is 10.1 Å². The van der Waals surface area contributed by atoms with E-state index in [1.165, 1.54) is 12.1 Å². The normalized spacial score (nSPS) is 16.7. The van der Waals surface area contributed by atoms with E-state index in [0.717, 1.165) is 16.8 Å². The average Bonchev–Trinajstić information content (AvgIpc) is 2.68. The van der Waals surface area contributed by atoms with Crippen molar-refractivity contribution in [1.29, 1.82) is 0 Å². The van der Waals surface area contributed by atoms with E-state index in [4.69, 9.17) is 0 Å². The van der Waals surface area contributed by atoms with Gasteiger partial charge in [-0.25, -0.2) is 4.39 Å². The number of amides is 2. The van der Waals surface area contributed by atoms with Crippen LogP contribution < -0.4 is 10.6 Å². The topological polar surface area (TPSA) is 74.3 Å². The average molecular weight is 384 g/mol. The Morgan fingerprint density at radius 1 is 1.32 bits per heavy atom. The van der Waals surface area contributed by atoms with Crippen molar-refractivity contribution >= 4 is 17.5 Å². The van der Waals surface area contributed by atoms with E-state index in [-0.39, 0.29) is 23.5 Å². The van der Waals surface area contributed by atoms with E-state index in [0.29, 0.717) is 39.0 Å². The Hall–Kier alpha value is -2.96. The molecule has 2 N–H and O–H groups in total. The van der Waals surface area contributed by atoms with Gasteiger partial charge in [-0.3, -0.25) is 14.6 Å². The van der Waals surface area contributed by atoms with Gasteiger partial charge in [-0.15, -0.1) is 0 Å². The first-order valence-electron chi connectivity index (χ1n) is 9.47. The van der Waals surface area contributed by atoms with Gasteiger partial charge in [-0.05, 0) is 42.7 Å². The zero-order chi connectivity index (χ0) is 19.9. The summed E-state index contributed by atoms with van der Waals surface area (Å²) in [6.45, 7) is 3.76. The third kappa shape index (κ3) is 5.28. The molecule has 0 radical (unpaired) electrons. The molecule has 1 aromatic heterocycles. The predicted octanol–water partition coefficient (Wildman–Crippen LogP) is 2.50. The minimum Gasteiger partial charge on any atom is -0.383 e. The molecule has 3 rings (SSSR count). The molecular formula is C21H25FN4O2. The van der Waals surface area contributed by atoms with Crippen molar-refractivity contribution in [1.82, 2.24) is 15.2 Å². The fraction of sp³-hybridized carbons (Fsp3) is 0.381. The van der Waals surface area contributed by atoms with Gasteiger partial charge in [0, 0.05) is 50.7 Å². The molecule has 1 aliphatic heterocycles. The molecule has 6 nitrogen and oxygen atoms in total. The zero-order valence-electron chi connectivity index (χ0n) is 16.0. The summed E-state index contributed by atoms with van der Waals surface area (Å²) in [6, 6.07) is 8.10. The molecule has 1 fully saturated rings. The van der Waals surface area contributed by atoms with Gasteiger partial charge in [-0.1, -0.05) is 12.1 Å². The lowest BCUT2D eigenvalue weighted by molar-refractivity contribution is -0.138. The van der Waals surface area contributed by atoms with Crippen molar-refractivity contribution in [2.75, 3.05) is 25.0 Å². The molecule has 148 valence electrons. The van der Waals surface area contributed by atoms with Gasteiger partial charge in [0.1, 0.15) is 5.82 Å². The summed E-state index contributed by atoms with van der Waals surface area (Å²) in [5, 5.41) is 6.21. The smallest absolute Gasteiger partial charge is 0.224 e. The third-order valence-corrected chi connectivity index (χ3v) is 4.89. The van der Waals surface area contributed by atoms with Crippen LogP contribution in [0.1, 0.15) is 24.0 Å². The quantitative estimate of drug-likeness (QED) is 0.720. The molecule has 0 bridgehead atoms. The molecular weight excluding hydrogens is 359 g/mol. The van der Waals surface area contributed by atoms with Crippen molar-refractivity contribution in [2.45, 2.75) is 26.3 Å². The molecule has 7 heteroatoms. The molecule has 1 atom stereocenters. The van der Waals surface area contributed by atoms with Crippen molar-refractivity contribution in [3.05, 3.63) is 59.7 Å². The molecule has 2 aromatic rings. The monoisotopic (exact) mass is 384 g/mol. The SMILES string of the molecule is Cc1cnccc1NCCNC(=O)C1CCC(=O)N(Cc2cccc(F)c2)C1. The highest BCUT2D eigenvalue weighted by Gasteiger charge is 2.30. The minimum atomic E-state index is -0.326. The number of piperidine rings is 1. The molecule has 0 aliphatic carbocycles. The van der Waals surface area contributed by atoms with Gasteiger partial charge in [0.25, 0.3) is 0 Å². The molecule has 2 amide bonds. The van der Waals surface area contributed by atoms with Crippen LogP contribution in [-0.2, 0) is 16.1 Å². The number of hydrogen-bond donors (Lipinski definition) is 2. The van der Waals surface area contributed by atoms with Gasteiger partial charge in [0.2, 0.25) is 11.8 Å². The Balaban J connectivity index is 1.47. The maximum absolute atomic E-state index is 13.4. The van der Waals surface area contributed by atoms with Crippen LogP contribution in [0.15, 0.2) is 42.7 Å². The van der Waals surface area contributed by atoms with Crippen molar-refractivity contribution in [3.63, 3.8) is 0 Å². The molecule has 0 saturated carbocycles. The summed E-state index contributed by atoms with van der Waals surface area (Å²) in [6.07, 6.45) is 4.39. The largest absolute Gasteiger partial charge is 0.383 e. The molecule has 1 aliphatic rings. The van der Waals surface area contributed by atoms with E-state index in [1.807, 2.05) is 13.0 Å². The van der Waals surface area contributed by atoms with E-state index in [1.54, 1.807) is 29.4 Å². The number of aromatic nitrogens is 1. The van der Waals surface area contributed by atoms with Crippen molar-refractivity contribution in [2.24, 2.45) is 5.92 Å². The standard InChI is InChI=1S/C21H25FN4O2/c1-15-12-23-8-7-19(15)24-9-10-25-21(28)17-5-6-20(27)26(14-17)13-16-3-2-4-18(22)11-16/h2-4,7-8,11-12,17H,5-6,9-10,13-14H2,1H3,(H,23,24)(H,25,28). The molecule has 1 saturated heterocycles. The second kappa shape index (κ2) is 9.30. The van der Waals surface area contributed by atoms with E-state index in [2.05, 4.69) is 15.6 Å². The summed E-state index contributed by atoms with van der Waals surface area (Å²) in [7, 11) is 0. The maximum atomic E-state index is 13.4. The summed E-state index contributed by atoms with van der Waals surface area (Å²) < 4.78 is 13.4. The Morgan fingerprint density at radius 2 is 2.18 bits per heavy atom. The van der Waals surface area contributed by atoms with E-state index in [9.17, 15) is 14.0 Å². The van der Waals surface area contributed by atoms with Crippen LogP contribution in [-0.4, -0.2) is 41.3 Å². The number of nitrogens with one attached hydrogen (secondary N) is 2. The summed E-state index contributed by atoms with van der Waals surface area (Å²) in [5.41, 5.74) is 2.77. The van der Waals surface area contributed by atoms with Crippen LogP contribution in [0.5, 0.6) is 0 Å². The van der Waals surface area contributed by atoms with Crippen molar-refractivity contribution in [3.8, 4) is 0 Å². The van der Waals surface area contributed by atoms with Crippen LogP contribution in [0.3, 0.4) is 0 Å². The van der Waals surface area contributed by atoms with Crippen LogP contribution in [0.2, 0.25) is 0 Å². The zero-order valence-corrected chi connectivity index (χ0v) is 16.0. The van der Waals surface area contributed by atoms with Gasteiger partial charge in [-0.2, -0.15) is 0 Å². The first-order chi connectivity index (χ1) is 13.5. The predicted molar refractivity (Wildman–Crippen MR) is 105 cm³/mol. The molecule has 2 heterocycles. The summed E-state index contributed by atoms with van der Waals surface area (Å²) in [4.78, 5) is 30.4. The lowest BCUT2D eigenvalue weighted by Crippen LogP contribution is -2.46. The number of nitrogens with zero attached hydrogens (tertiary/aromatic N) is 2. The van der Waals surface area contributed by atoms with Crippen LogP contribution in [0.25, 0.3) is 0 Å². The number of hydrogen-bond acceptors (Lipinski definition) is 4. The fourth-order valence-electron chi connectivity index (χ4n) is 3.34. The first kappa shape index (κ1) is 19.8. The van der Waals surface area contributed by atoms with Gasteiger partial charge in [0.15, 0.2) is 0 Å². The number of anilines is 1. The Kier molecular flexibility index (Phi) is 6.57. The summed E-state index contributed by atoms with van der Waals surface area (Å²) in [5.74, 6) is -0.616. The molecule has 0 spiro atoms. The van der Waals surface area contributed by atoms with Gasteiger partial charge in [0.05, 0.1) is 5.92 Å². The molecule has 1 unspecified atom stereocenters. The lowest BCUT2D eigenvalue weighted by Gasteiger charge is -2.32. The number of likely N-dealkylation sites (tertiary alicyclic amines) is 1. The summed E-state index contributed by atoms with van der Waals surface area (Å²) >= 11 is 0. The highest BCUT2D eigenvalue weighted by atomic mass is 19.1. The number of pyridine rings is 1. The number of benzene rings is 1. The maximum Gasteiger partial charge on any atom is 0.224 e. The molecule has 1 aromatic carbocycles. The highest BCUT2D eigenvalue weighted by molar-refractivity contribution is 5.83. The number of carbonyl (C=O) groups excluding carboxylic acids is 2. The Morgan fingerprint density at radius 3 is 2.96 bits per heavy atom. The number of halogens is 1. The third-order valence-electron chi connectivity index (χ3n) is 4.89. The second-order valence-electron chi connectivity index (χ2n) is 7.05. The number of aryl methyl sites for hydroxylation is 1. The van der Waals surface area contributed by atoms with Crippen LogP contribution in [0, 0.1) is 18.7 Å². The van der Waals surface area contributed by atoms with E-state index >= 15 is 0 Å². The van der Waals surface area contributed by atoms with Crippen LogP contribution >= 0.6 is 0 Å². The second-order valence-corrected chi connectivity index (χ2v) is 7.05. The van der Waals surface area contributed by atoms with E-state index < -0.39 is 0 Å². The fourth-order valence-corrected chi connectivity index (χ4v) is 3.34. The number of carbonyl (C=O) groups is 2. The molecule has 28 heavy (non-hydrogen) atoms. The van der Waals surface area contributed by atoms with Crippen molar-refractivity contribution < 1.29 is 14.0 Å². The van der Waals surface area contributed by atoms with Gasteiger partial charge < -0.3 is 15.5 Å². The van der Waals surface area contributed by atoms with Gasteiger partial charge >= 0.3 is 0 Å². The minimum absolute atomic E-state index is 0.00291. The lowest BCUT2D eigenvalue weighted by atomic mass is 9.96. The number of rotatable bonds is 7. The first-order valence-corrected chi connectivity index (χ1v) is 9.47.